The lowest BCUT2D eigenvalue weighted by Crippen LogP contribution is -2.33. The molecule has 1 nitrogen and oxygen atoms in total. The van der Waals surface area contributed by atoms with Gasteiger partial charge in [-0.2, -0.15) is 11.3 Å². The summed E-state index contributed by atoms with van der Waals surface area (Å²) in [5.74, 6) is -0.204. The summed E-state index contributed by atoms with van der Waals surface area (Å²) in [5.41, 5.74) is 2.52. The van der Waals surface area contributed by atoms with Crippen LogP contribution in [0.2, 0.25) is 0 Å². The number of thiophene rings is 1. The predicted molar refractivity (Wildman–Crippen MR) is 87.9 cm³/mol. The second-order valence-electron chi connectivity index (χ2n) is 4.94. The van der Waals surface area contributed by atoms with E-state index in [1.54, 1.807) is 11.3 Å². The minimum absolute atomic E-state index is 0.204. The molecule has 1 N–H and O–H groups in total. The third kappa shape index (κ3) is 4.69. The van der Waals surface area contributed by atoms with Gasteiger partial charge >= 0.3 is 0 Å². The molecule has 1 atom stereocenters. The highest BCUT2D eigenvalue weighted by molar-refractivity contribution is 9.10. The third-order valence-electron chi connectivity index (χ3n) is 3.21. The minimum atomic E-state index is -0.204. The molecule has 1 aromatic heterocycles. The van der Waals surface area contributed by atoms with Gasteiger partial charge in [-0.05, 0) is 81.8 Å². The van der Waals surface area contributed by atoms with Crippen LogP contribution in [0.5, 0.6) is 0 Å². The number of benzene rings is 1. The molecule has 20 heavy (non-hydrogen) atoms. The summed E-state index contributed by atoms with van der Waals surface area (Å²) in [5, 5.41) is 7.89. The van der Waals surface area contributed by atoms with E-state index < -0.39 is 0 Å². The van der Waals surface area contributed by atoms with Gasteiger partial charge in [-0.15, -0.1) is 0 Å². The van der Waals surface area contributed by atoms with Crippen molar-refractivity contribution in [2.45, 2.75) is 32.2 Å². The molecule has 108 valence electrons. The topological polar surface area (TPSA) is 12.0 Å². The number of hydrogen-bond donors (Lipinski definition) is 1. The smallest absolute Gasteiger partial charge is 0.137 e. The Morgan fingerprint density at radius 1 is 1.25 bits per heavy atom. The van der Waals surface area contributed by atoms with Crippen molar-refractivity contribution in [3.8, 4) is 0 Å². The maximum Gasteiger partial charge on any atom is 0.137 e. The molecule has 2 aromatic rings. The summed E-state index contributed by atoms with van der Waals surface area (Å²) in [7, 11) is 0. The molecular weight excluding hydrogens is 337 g/mol. The Labute approximate surface area is 132 Å². The van der Waals surface area contributed by atoms with Crippen molar-refractivity contribution < 1.29 is 4.39 Å². The van der Waals surface area contributed by atoms with Crippen LogP contribution >= 0.6 is 27.3 Å². The fourth-order valence-electron chi connectivity index (χ4n) is 2.21. The minimum Gasteiger partial charge on any atom is -0.313 e. The second kappa shape index (κ2) is 7.91. The van der Waals surface area contributed by atoms with E-state index in [-0.39, 0.29) is 5.82 Å². The zero-order valence-corrected chi connectivity index (χ0v) is 13.9. The van der Waals surface area contributed by atoms with Gasteiger partial charge in [0, 0.05) is 6.04 Å². The zero-order chi connectivity index (χ0) is 14.4. The molecule has 0 aliphatic carbocycles. The van der Waals surface area contributed by atoms with Crippen LogP contribution in [0.3, 0.4) is 0 Å². The average molecular weight is 356 g/mol. The molecule has 0 aliphatic heterocycles. The highest BCUT2D eigenvalue weighted by Crippen LogP contribution is 2.19. The van der Waals surface area contributed by atoms with Crippen molar-refractivity contribution in [1.82, 2.24) is 5.32 Å². The Morgan fingerprint density at radius 3 is 2.70 bits per heavy atom. The average Bonchev–Trinajstić information content (AvgIpc) is 2.93. The van der Waals surface area contributed by atoms with Crippen LogP contribution < -0.4 is 5.32 Å². The lowest BCUT2D eigenvalue weighted by Gasteiger charge is -2.18. The van der Waals surface area contributed by atoms with Crippen molar-refractivity contribution in [3.05, 3.63) is 56.4 Å². The van der Waals surface area contributed by atoms with E-state index in [2.05, 4.69) is 45.0 Å². The number of hydrogen-bond acceptors (Lipinski definition) is 2. The van der Waals surface area contributed by atoms with Gasteiger partial charge in [0.25, 0.3) is 0 Å². The van der Waals surface area contributed by atoms with Crippen LogP contribution in [0.15, 0.2) is 39.5 Å². The van der Waals surface area contributed by atoms with Gasteiger partial charge in [-0.25, -0.2) is 4.39 Å². The van der Waals surface area contributed by atoms with E-state index in [1.165, 1.54) is 11.6 Å². The van der Waals surface area contributed by atoms with E-state index in [4.69, 9.17) is 0 Å². The SMILES string of the molecule is CCCNC(Cc1ccsc1)Cc1ccc(F)c(Br)c1. The molecule has 0 bridgehead atoms. The van der Waals surface area contributed by atoms with E-state index in [0.29, 0.717) is 10.5 Å². The van der Waals surface area contributed by atoms with Gasteiger partial charge in [0.15, 0.2) is 0 Å². The van der Waals surface area contributed by atoms with Crippen molar-refractivity contribution in [2.75, 3.05) is 6.54 Å². The van der Waals surface area contributed by atoms with Gasteiger partial charge in [0.1, 0.15) is 5.82 Å². The first-order chi connectivity index (χ1) is 9.69. The summed E-state index contributed by atoms with van der Waals surface area (Å²) in [4.78, 5) is 0. The Hall–Kier alpha value is -0.710. The summed E-state index contributed by atoms with van der Waals surface area (Å²) < 4.78 is 13.8. The van der Waals surface area contributed by atoms with Crippen molar-refractivity contribution in [1.29, 1.82) is 0 Å². The quantitative estimate of drug-likeness (QED) is 0.751. The Morgan fingerprint density at radius 2 is 2.05 bits per heavy atom. The summed E-state index contributed by atoms with van der Waals surface area (Å²) >= 11 is 4.99. The predicted octanol–water partition coefficient (Wildman–Crippen LogP) is 4.80. The highest BCUT2D eigenvalue weighted by atomic mass is 79.9. The van der Waals surface area contributed by atoms with Crippen molar-refractivity contribution >= 4 is 27.3 Å². The molecule has 0 radical (unpaired) electrons. The summed E-state index contributed by atoms with van der Waals surface area (Å²) in [6, 6.07) is 7.84. The van der Waals surface area contributed by atoms with Crippen LogP contribution in [0, 0.1) is 5.82 Å². The number of nitrogens with one attached hydrogen (secondary N) is 1. The van der Waals surface area contributed by atoms with Gasteiger partial charge in [-0.1, -0.05) is 13.0 Å². The Bertz CT molecular complexity index is 527. The van der Waals surface area contributed by atoms with Crippen LogP contribution in [0.4, 0.5) is 4.39 Å². The van der Waals surface area contributed by atoms with Crippen LogP contribution in [0.1, 0.15) is 24.5 Å². The molecule has 0 amide bonds. The largest absolute Gasteiger partial charge is 0.313 e. The van der Waals surface area contributed by atoms with E-state index in [0.717, 1.165) is 31.4 Å². The lowest BCUT2D eigenvalue weighted by atomic mass is 10.0. The van der Waals surface area contributed by atoms with Crippen molar-refractivity contribution in [3.63, 3.8) is 0 Å². The summed E-state index contributed by atoms with van der Waals surface area (Å²) in [6.07, 6.45) is 3.04. The standard InChI is InChI=1S/C16H19BrFNS/c1-2-6-19-14(9-13-5-7-20-11-13)8-12-3-4-16(18)15(17)10-12/h3-5,7,10-11,14,19H,2,6,8-9H2,1H3. The maximum atomic E-state index is 13.3. The molecule has 0 saturated heterocycles. The summed E-state index contributed by atoms with van der Waals surface area (Å²) in [6.45, 7) is 3.18. The Kier molecular flexibility index (Phi) is 6.20. The number of halogens is 2. The van der Waals surface area contributed by atoms with Crippen LogP contribution in [-0.4, -0.2) is 12.6 Å². The number of rotatable bonds is 7. The van der Waals surface area contributed by atoms with Crippen molar-refractivity contribution in [2.24, 2.45) is 0 Å². The molecule has 1 unspecified atom stereocenters. The van der Waals surface area contributed by atoms with E-state index in [1.807, 2.05) is 12.1 Å². The molecule has 0 aliphatic rings. The fraction of sp³-hybridized carbons (Fsp3) is 0.375. The molecule has 0 saturated carbocycles. The first kappa shape index (κ1) is 15.7. The lowest BCUT2D eigenvalue weighted by molar-refractivity contribution is 0.504. The first-order valence-corrected chi connectivity index (χ1v) is 8.61. The van der Waals surface area contributed by atoms with Crippen LogP contribution in [0.25, 0.3) is 0 Å². The van der Waals surface area contributed by atoms with Gasteiger partial charge in [0.05, 0.1) is 4.47 Å². The molecular formula is C16H19BrFNS. The van der Waals surface area contributed by atoms with Gasteiger partial charge in [0.2, 0.25) is 0 Å². The molecule has 1 heterocycles. The molecule has 4 heteroatoms. The Balaban J connectivity index is 2.04. The normalized spacial score (nSPS) is 12.6. The fourth-order valence-corrected chi connectivity index (χ4v) is 3.32. The maximum absolute atomic E-state index is 13.3. The van der Waals surface area contributed by atoms with Crippen LogP contribution in [-0.2, 0) is 12.8 Å². The molecule has 2 rings (SSSR count). The zero-order valence-electron chi connectivity index (χ0n) is 11.5. The second-order valence-corrected chi connectivity index (χ2v) is 6.57. The highest BCUT2D eigenvalue weighted by Gasteiger charge is 2.11. The molecule has 1 aromatic carbocycles. The third-order valence-corrected chi connectivity index (χ3v) is 4.55. The molecule has 0 spiro atoms. The molecule has 0 fully saturated rings. The van der Waals surface area contributed by atoms with E-state index >= 15 is 0 Å². The van der Waals surface area contributed by atoms with E-state index in [9.17, 15) is 4.39 Å². The van der Waals surface area contributed by atoms with Gasteiger partial charge < -0.3 is 5.32 Å². The monoisotopic (exact) mass is 355 g/mol. The first-order valence-electron chi connectivity index (χ1n) is 6.87. The van der Waals surface area contributed by atoms with Gasteiger partial charge in [-0.3, -0.25) is 0 Å².